The summed E-state index contributed by atoms with van der Waals surface area (Å²) < 4.78 is 1.92. The summed E-state index contributed by atoms with van der Waals surface area (Å²) in [5.41, 5.74) is 1.36. The Hall–Kier alpha value is -1.23. The van der Waals surface area contributed by atoms with Crippen LogP contribution in [0.5, 0.6) is 0 Å². The first-order chi connectivity index (χ1) is 8.27. The van der Waals surface area contributed by atoms with E-state index >= 15 is 0 Å². The number of aromatic nitrogens is 5. The van der Waals surface area contributed by atoms with Gasteiger partial charge in [0.15, 0.2) is 16.3 Å². The summed E-state index contributed by atoms with van der Waals surface area (Å²) in [6.07, 6.45) is 6.40. The Morgan fingerprint density at radius 3 is 2.94 bits per heavy atom. The van der Waals surface area contributed by atoms with Gasteiger partial charge in [-0.15, -0.1) is 5.10 Å². The SMILES string of the molecule is C[C@H]1CCCC[C@@H]1n1nnc2c(Cl)ncnc21. The van der Waals surface area contributed by atoms with E-state index in [0.29, 0.717) is 22.6 Å². The third-order valence-corrected chi connectivity index (χ3v) is 3.87. The Labute approximate surface area is 104 Å². The molecule has 0 aromatic carbocycles. The van der Waals surface area contributed by atoms with Gasteiger partial charge in [0.05, 0.1) is 6.04 Å². The molecule has 90 valence electrons. The van der Waals surface area contributed by atoms with E-state index in [2.05, 4.69) is 27.2 Å². The lowest BCUT2D eigenvalue weighted by molar-refractivity contribution is 0.241. The van der Waals surface area contributed by atoms with Crippen LogP contribution in [0, 0.1) is 5.92 Å². The van der Waals surface area contributed by atoms with Crippen molar-refractivity contribution in [3.63, 3.8) is 0 Å². The minimum absolute atomic E-state index is 0.379. The van der Waals surface area contributed by atoms with Crippen LogP contribution in [0.15, 0.2) is 6.33 Å². The highest BCUT2D eigenvalue weighted by Gasteiger charge is 2.26. The Balaban J connectivity index is 2.08. The monoisotopic (exact) mass is 251 g/mol. The predicted octanol–water partition coefficient (Wildman–Crippen LogP) is 2.63. The molecule has 1 aliphatic carbocycles. The standard InChI is InChI=1S/C11H14ClN5/c1-7-4-2-3-5-8(7)17-11-9(15-16-17)10(12)13-6-14-11/h6-8H,2-5H2,1H3/t7-,8-/m0/s1. The van der Waals surface area contributed by atoms with Crippen LogP contribution in [0.4, 0.5) is 0 Å². The van der Waals surface area contributed by atoms with E-state index < -0.39 is 0 Å². The maximum atomic E-state index is 5.98. The van der Waals surface area contributed by atoms with E-state index in [9.17, 15) is 0 Å². The second kappa shape index (κ2) is 4.22. The number of halogens is 1. The van der Waals surface area contributed by atoms with E-state index in [4.69, 9.17) is 11.6 Å². The number of rotatable bonds is 1. The Morgan fingerprint density at radius 2 is 2.12 bits per heavy atom. The molecule has 0 N–H and O–H groups in total. The predicted molar refractivity (Wildman–Crippen MR) is 64.8 cm³/mol. The third kappa shape index (κ3) is 1.78. The molecule has 0 saturated heterocycles. The van der Waals surface area contributed by atoms with E-state index in [1.807, 2.05) is 4.68 Å². The Kier molecular flexibility index (Phi) is 2.70. The first-order valence-corrected chi connectivity index (χ1v) is 6.36. The minimum atomic E-state index is 0.379. The highest BCUT2D eigenvalue weighted by molar-refractivity contribution is 6.33. The van der Waals surface area contributed by atoms with Gasteiger partial charge >= 0.3 is 0 Å². The van der Waals surface area contributed by atoms with Crippen molar-refractivity contribution in [2.24, 2.45) is 5.92 Å². The number of fused-ring (bicyclic) bond motifs is 1. The van der Waals surface area contributed by atoms with Gasteiger partial charge in [0, 0.05) is 0 Å². The van der Waals surface area contributed by atoms with Gasteiger partial charge in [-0.05, 0) is 18.8 Å². The van der Waals surface area contributed by atoms with Gasteiger partial charge in [-0.3, -0.25) is 0 Å². The van der Waals surface area contributed by atoms with E-state index in [-0.39, 0.29) is 0 Å². The van der Waals surface area contributed by atoms with Crippen LogP contribution in [0.1, 0.15) is 38.6 Å². The van der Waals surface area contributed by atoms with Crippen molar-refractivity contribution in [1.82, 2.24) is 25.0 Å². The first kappa shape index (κ1) is 10.9. The molecule has 5 nitrogen and oxygen atoms in total. The van der Waals surface area contributed by atoms with Gasteiger partial charge in [0.2, 0.25) is 0 Å². The second-order valence-corrected chi connectivity index (χ2v) is 5.06. The highest BCUT2D eigenvalue weighted by Crippen LogP contribution is 2.34. The zero-order valence-corrected chi connectivity index (χ0v) is 10.4. The van der Waals surface area contributed by atoms with Crippen molar-refractivity contribution >= 4 is 22.8 Å². The molecule has 0 unspecified atom stereocenters. The van der Waals surface area contributed by atoms with Crippen LogP contribution in [0.2, 0.25) is 5.15 Å². The fourth-order valence-corrected chi connectivity index (χ4v) is 2.79. The third-order valence-electron chi connectivity index (χ3n) is 3.60. The lowest BCUT2D eigenvalue weighted by Crippen LogP contribution is -2.22. The van der Waals surface area contributed by atoms with Gasteiger partial charge in [-0.25, -0.2) is 14.6 Å². The molecule has 0 spiro atoms. The molecule has 3 rings (SSSR count). The summed E-state index contributed by atoms with van der Waals surface area (Å²) in [5.74, 6) is 0.613. The number of hydrogen-bond donors (Lipinski definition) is 0. The molecule has 0 bridgehead atoms. The van der Waals surface area contributed by atoms with Crippen LogP contribution in [0.25, 0.3) is 11.2 Å². The lowest BCUT2D eigenvalue weighted by Gasteiger charge is -2.28. The van der Waals surface area contributed by atoms with E-state index in [0.717, 1.165) is 12.1 Å². The summed E-state index contributed by atoms with van der Waals surface area (Å²) in [7, 11) is 0. The van der Waals surface area contributed by atoms with Crippen LogP contribution in [0.3, 0.4) is 0 Å². The summed E-state index contributed by atoms with van der Waals surface area (Å²) in [6, 6.07) is 0.389. The molecular weight excluding hydrogens is 238 g/mol. The highest BCUT2D eigenvalue weighted by atomic mass is 35.5. The number of nitrogens with zero attached hydrogens (tertiary/aromatic N) is 5. The Morgan fingerprint density at radius 1 is 1.29 bits per heavy atom. The molecule has 2 aromatic heterocycles. The molecule has 2 atom stereocenters. The molecule has 6 heteroatoms. The van der Waals surface area contributed by atoms with Gasteiger partial charge < -0.3 is 0 Å². The largest absolute Gasteiger partial charge is 0.224 e. The van der Waals surface area contributed by atoms with Crippen LogP contribution in [-0.4, -0.2) is 25.0 Å². The zero-order chi connectivity index (χ0) is 11.8. The summed E-state index contributed by atoms with van der Waals surface area (Å²) in [4.78, 5) is 8.18. The fraction of sp³-hybridized carbons (Fsp3) is 0.636. The first-order valence-electron chi connectivity index (χ1n) is 5.99. The van der Waals surface area contributed by atoms with Crippen molar-refractivity contribution in [3.05, 3.63) is 11.5 Å². The van der Waals surface area contributed by atoms with Crippen molar-refractivity contribution in [1.29, 1.82) is 0 Å². The van der Waals surface area contributed by atoms with Gasteiger partial charge in [0.1, 0.15) is 6.33 Å². The topological polar surface area (TPSA) is 56.5 Å². The number of hydrogen-bond acceptors (Lipinski definition) is 4. The van der Waals surface area contributed by atoms with Gasteiger partial charge in [0.25, 0.3) is 0 Å². The quantitative estimate of drug-likeness (QED) is 0.731. The maximum Gasteiger partial charge on any atom is 0.183 e. The van der Waals surface area contributed by atoms with E-state index in [1.165, 1.54) is 25.6 Å². The molecule has 2 aromatic rings. The van der Waals surface area contributed by atoms with Crippen molar-refractivity contribution in [3.8, 4) is 0 Å². The maximum absolute atomic E-state index is 5.98. The van der Waals surface area contributed by atoms with Crippen LogP contribution in [-0.2, 0) is 0 Å². The van der Waals surface area contributed by atoms with Crippen molar-refractivity contribution < 1.29 is 0 Å². The molecule has 1 aliphatic rings. The summed E-state index contributed by atoms with van der Waals surface area (Å²) in [6.45, 7) is 2.26. The van der Waals surface area contributed by atoms with Crippen molar-refractivity contribution in [2.75, 3.05) is 0 Å². The second-order valence-electron chi connectivity index (χ2n) is 4.70. The van der Waals surface area contributed by atoms with Crippen LogP contribution < -0.4 is 0 Å². The normalized spacial score (nSPS) is 25.3. The molecule has 1 fully saturated rings. The molecule has 1 saturated carbocycles. The summed E-state index contributed by atoms with van der Waals surface area (Å²) >= 11 is 5.98. The van der Waals surface area contributed by atoms with Crippen molar-refractivity contribution in [2.45, 2.75) is 38.6 Å². The molecule has 0 radical (unpaired) electrons. The van der Waals surface area contributed by atoms with Crippen LogP contribution >= 0.6 is 11.6 Å². The zero-order valence-electron chi connectivity index (χ0n) is 9.67. The summed E-state index contributed by atoms with van der Waals surface area (Å²) in [5, 5.41) is 8.67. The molecular formula is C11H14ClN5. The molecule has 0 amide bonds. The minimum Gasteiger partial charge on any atom is -0.224 e. The average molecular weight is 252 g/mol. The van der Waals surface area contributed by atoms with E-state index in [1.54, 1.807) is 0 Å². The lowest BCUT2D eigenvalue weighted by atomic mass is 9.86. The smallest absolute Gasteiger partial charge is 0.183 e. The molecule has 17 heavy (non-hydrogen) atoms. The molecule has 0 aliphatic heterocycles. The molecule has 2 heterocycles. The Bertz CT molecular complexity index is 538. The van der Waals surface area contributed by atoms with Gasteiger partial charge in [-0.1, -0.05) is 36.6 Å². The van der Waals surface area contributed by atoms with Gasteiger partial charge in [-0.2, -0.15) is 0 Å². The fourth-order valence-electron chi connectivity index (χ4n) is 2.62. The average Bonchev–Trinajstić information content (AvgIpc) is 2.75.